The first-order valence-electron chi connectivity index (χ1n) is 6.17. The van der Waals surface area contributed by atoms with Crippen LogP contribution < -0.4 is 5.32 Å². The van der Waals surface area contributed by atoms with Gasteiger partial charge in [-0.2, -0.15) is 0 Å². The smallest absolute Gasteiger partial charge is 0.251 e. The lowest BCUT2D eigenvalue weighted by molar-refractivity contribution is 0.0949. The van der Waals surface area contributed by atoms with Crippen molar-refractivity contribution < 1.29 is 14.6 Å². The van der Waals surface area contributed by atoms with Crippen LogP contribution in [0.15, 0.2) is 24.3 Å². The molecule has 0 bridgehead atoms. The lowest BCUT2D eigenvalue weighted by Gasteiger charge is -2.07. The van der Waals surface area contributed by atoms with E-state index in [1.54, 1.807) is 20.1 Å². The fourth-order valence-electron chi connectivity index (χ4n) is 1.67. The van der Waals surface area contributed by atoms with Crippen LogP contribution in [0.1, 0.15) is 35.7 Å². The minimum absolute atomic E-state index is 0.0847. The SMILES string of the molecule is COCc1cccc(C(=O)NCCCC(C)O)c1. The largest absolute Gasteiger partial charge is 0.393 e. The van der Waals surface area contributed by atoms with Crippen molar-refractivity contribution in [2.45, 2.75) is 32.5 Å². The molecule has 4 heteroatoms. The summed E-state index contributed by atoms with van der Waals surface area (Å²) in [4.78, 5) is 11.8. The fraction of sp³-hybridized carbons (Fsp3) is 0.500. The van der Waals surface area contributed by atoms with Crippen molar-refractivity contribution in [2.75, 3.05) is 13.7 Å². The molecule has 1 unspecified atom stereocenters. The van der Waals surface area contributed by atoms with E-state index in [0.717, 1.165) is 12.0 Å². The van der Waals surface area contributed by atoms with Crippen LogP contribution in [0.4, 0.5) is 0 Å². The number of amides is 1. The van der Waals surface area contributed by atoms with Crippen molar-refractivity contribution in [1.29, 1.82) is 0 Å². The third-order valence-corrected chi connectivity index (χ3v) is 2.58. The Labute approximate surface area is 108 Å². The summed E-state index contributed by atoms with van der Waals surface area (Å²) in [5.74, 6) is -0.0847. The van der Waals surface area contributed by atoms with Gasteiger partial charge < -0.3 is 15.2 Å². The van der Waals surface area contributed by atoms with E-state index < -0.39 is 0 Å². The highest BCUT2D eigenvalue weighted by Crippen LogP contribution is 2.06. The highest BCUT2D eigenvalue weighted by Gasteiger charge is 2.05. The number of benzene rings is 1. The van der Waals surface area contributed by atoms with Crippen LogP contribution in [0.3, 0.4) is 0 Å². The molecule has 0 saturated heterocycles. The molecule has 18 heavy (non-hydrogen) atoms. The van der Waals surface area contributed by atoms with E-state index in [-0.39, 0.29) is 12.0 Å². The molecule has 2 N–H and O–H groups in total. The molecule has 0 aliphatic heterocycles. The van der Waals surface area contributed by atoms with E-state index >= 15 is 0 Å². The lowest BCUT2D eigenvalue weighted by atomic mass is 10.1. The molecule has 0 fully saturated rings. The number of methoxy groups -OCH3 is 1. The Bertz CT molecular complexity index is 377. The zero-order valence-corrected chi connectivity index (χ0v) is 11.0. The van der Waals surface area contributed by atoms with Crippen LogP contribution >= 0.6 is 0 Å². The molecule has 0 saturated carbocycles. The topological polar surface area (TPSA) is 58.6 Å². The van der Waals surface area contributed by atoms with Crippen LogP contribution in [-0.2, 0) is 11.3 Å². The second kappa shape index (κ2) is 7.84. The number of ether oxygens (including phenoxy) is 1. The average molecular weight is 251 g/mol. The second-order valence-electron chi connectivity index (χ2n) is 4.38. The first kappa shape index (κ1) is 14.7. The van der Waals surface area contributed by atoms with Crippen molar-refractivity contribution in [3.05, 3.63) is 35.4 Å². The van der Waals surface area contributed by atoms with E-state index in [1.807, 2.05) is 18.2 Å². The number of hydrogen-bond donors (Lipinski definition) is 2. The molecular weight excluding hydrogens is 230 g/mol. The maximum Gasteiger partial charge on any atom is 0.251 e. The Morgan fingerprint density at radius 1 is 1.50 bits per heavy atom. The van der Waals surface area contributed by atoms with Gasteiger partial charge in [0.2, 0.25) is 0 Å². The molecule has 100 valence electrons. The van der Waals surface area contributed by atoms with Crippen LogP contribution in [0.5, 0.6) is 0 Å². The van der Waals surface area contributed by atoms with Gasteiger partial charge in [-0.3, -0.25) is 4.79 Å². The van der Waals surface area contributed by atoms with E-state index in [2.05, 4.69) is 5.32 Å². The van der Waals surface area contributed by atoms with Crippen molar-refractivity contribution in [3.63, 3.8) is 0 Å². The zero-order valence-electron chi connectivity index (χ0n) is 11.0. The fourth-order valence-corrected chi connectivity index (χ4v) is 1.67. The molecule has 0 spiro atoms. The molecule has 1 aromatic rings. The molecule has 1 amide bonds. The van der Waals surface area contributed by atoms with Gasteiger partial charge in [-0.1, -0.05) is 12.1 Å². The predicted molar refractivity (Wildman–Crippen MR) is 70.4 cm³/mol. The standard InChI is InChI=1S/C14H21NO3/c1-11(16)5-4-8-15-14(17)13-7-3-6-12(9-13)10-18-2/h3,6-7,9,11,16H,4-5,8,10H2,1-2H3,(H,15,17). The number of nitrogens with one attached hydrogen (secondary N) is 1. The maximum absolute atomic E-state index is 11.8. The van der Waals surface area contributed by atoms with Crippen molar-refractivity contribution in [2.24, 2.45) is 0 Å². The quantitative estimate of drug-likeness (QED) is 0.725. The Balaban J connectivity index is 2.43. The summed E-state index contributed by atoms with van der Waals surface area (Å²) in [5.41, 5.74) is 1.62. The molecular formula is C14H21NO3. The van der Waals surface area contributed by atoms with Crippen molar-refractivity contribution >= 4 is 5.91 Å². The van der Waals surface area contributed by atoms with Crippen LogP contribution in [0.2, 0.25) is 0 Å². The molecule has 0 aromatic heterocycles. The lowest BCUT2D eigenvalue weighted by Crippen LogP contribution is -2.25. The third-order valence-electron chi connectivity index (χ3n) is 2.58. The van der Waals surface area contributed by atoms with Gasteiger partial charge in [0.25, 0.3) is 5.91 Å². The third kappa shape index (κ3) is 5.29. The Morgan fingerprint density at radius 3 is 2.94 bits per heavy atom. The van der Waals surface area contributed by atoms with E-state index in [4.69, 9.17) is 9.84 Å². The van der Waals surface area contributed by atoms with Crippen LogP contribution in [0.25, 0.3) is 0 Å². The van der Waals surface area contributed by atoms with Gasteiger partial charge in [-0.15, -0.1) is 0 Å². The first-order chi connectivity index (χ1) is 8.63. The second-order valence-corrected chi connectivity index (χ2v) is 4.38. The average Bonchev–Trinajstić information content (AvgIpc) is 2.35. The predicted octanol–water partition coefficient (Wildman–Crippen LogP) is 1.72. The molecule has 0 radical (unpaired) electrons. The number of hydrogen-bond acceptors (Lipinski definition) is 3. The maximum atomic E-state index is 11.8. The summed E-state index contributed by atoms with van der Waals surface area (Å²) in [5, 5.41) is 11.9. The number of carbonyl (C=O) groups is 1. The minimum atomic E-state index is -0.313. The van der Waals surface area contributed by atoms with Crippen LogP contribution in [0, 0.1) is 0 Å². The number of aliphatic hydroxyl groups excluding tert-OH is 1. The van der Waals surface area contributed by atoms with E-state index in [0.29, 0.717) is 25.1 Å². The van der Waals surface area contributed by atoms with Crippen molar-refractivity contribution in [1.82, 2.24) is 5.32 Å². The summed E-state index contributed by atoms with van der Waals surface area (Å²) >= 11 is 0. The van der Waals surface area contributed by atoms with Gasteiger partial charge in [0.15, 0.2) is 0 Å². The van der Waals surface area contributed by atoms with Gasteiger partial charge >= 0.3 is 0 Å². The number of rotatable bonds is 7. The van der Waals surface area contributed by atoms with E-state index in [9.17, 15) is 4.79 Å². The normalized spacial score (nSPS) is 12.2. The summed E-state index contributed by atoms with van der Waals surface area (Å²) in [6.07, 6.45) is 1.16. The molecule has 1 atom stereocenters. The Hall–Kier alpha value is -1.39. The van der Waals surface area contributed by atoms with E-state index in [1.165, 1.54) is 0 Å². The monoisotopic (exact) mass is 251 g/mol. The summed E-state index contributed by atoms with van der Waals surface area (Å²) < 4.78 is 5.03. The van der Waals surface area contributed by atoms with Gasteiger partial charge in [0.1, 0.15) is 0 Å². The Morgan fingerprint density at radius 2 is 2.28 bits per heavy atom. The summed E-state index contributed by atoms with van der Waals surface area (Å²) in [7, 11) is 1.63. The minimum Gasteiger partial charge on any atom is -0.393 e. The molecule has 4 nitrogen and oxygen atoms in total. The molecule has 1 rings (SSSR count). The van der Waals surface area contributed by atoms with Gasteiger partial charge in [0.05, 0.1) is 12.7 Å². The number of aliphatic hydroxyl groups is 1. The van der Waals surface area contributed by atoms with Crippen LogP contribution in [-0.4, -0.2) is 30.8 Å². The molecule has 0 heterocycles. The first-order valence-corrected chi connectivity index (χ1v) is 6.17. The molecule has 0 aliphatic rings. The Kier molecular flexibility index (Phi) is 6.39. The molecule has 1 aromatic carbocycles. The molecule has 0 aliphatic carbocycles. The van der Waals surface area contributed by atoms with Gasteiger partial charge in [0, 0.05) is 19.2 Å². The highest BCUT2D eigenvalue weighted by atomic mass is 16.5. The number of carbonyl (C=O) groups excluding carboxylic acids is 1. The van der Waals surface area contributed by atoms with Crippen molar-refractivity contribution in [3.8, 4) is 0 Å². The van der Waals surface area contributed by atoms with Gasteiger partial charge in [-0.05, 0) is 37.5 Å². The highest BCUT2D eigenvalue weighted by molar-refractivity contribution is 5.94. The summed E-state index contributed by atoms with van der Waals surface area (Å²) in [6.45, 7) is 2.83. The zero-order chi connectivity index (χ0) is 13.4. The summed E-state index contributed by atoms with van der Waals surface area (Å²) in [6, 6.07) is 7.38. The van der Waals surface area contributed by atoms with Gasteiger partial charge in [-0.25, -0.2) is 0 Å².